The Labute approximate surface area is 201 Å². The minimum Gasteiger partial charge on any atom is -0.496 e. The number of aromatic nitrogens is 1. The molecule has 0 aliphatic rings. The molecule has 3 aromatic carbocycles. The third-order valence-electron chi connectivity index (χ3n) is 5.49. The van der Waals surface area contributed by atoms with Crippen molar-refractivity contribution in [3.63, 3.8) is 0 Å². The summed E-state index contributed by atoms with van der Waals surface area (Å²) in [6, 6.07) is 25.6. The van der Waals surface area contributed by atoms with Crippen LogP contribution in [-0.4, -0.2) is 18.0 Å². The number of hydrogen-bond acceptors (Lipinski definition) is 5. The molecule has 0 fully saturated rings. The molecule has 1 amide bonds. The summed E-state index contributed by atoms with van der Waals surface area (Å²) in [5, 5.41) is 4.70. The van der Waals surface area contributed by atoms with E-state index in [9.17, 15) is 4.79 Å². The number of rotatable bonds is 7. The van der Waals surface area contributed by atoms with Crippen LogP contribution in [0.25, 0.3) is 28.1 Å². The highest BCUT2D eigenvalue weighted by Crippen LogP contribution is 2.36. The van der Waals surface area contributed by atoms with E-state index >= 15 is 0 Å². The summed E-state index contributed by atoms with van der Waals surface area (Å²) in [5.74, 6) is 1.28. The van der Waals surface area contributed by atoms with Gasteiger partial charge in [0.25, 0.3) is 5.91 Å². The monoisotopic (exact) mass is 466 g/mol. The van der Waals surface area contributed by atoms with Gasteiger partial charge in [0.2, 0.25) is 0 Å². The Hall–Kier alpha value is -4.16. The van der Waals surface area contributed by atoms with E-state index in [4.69, 9.17) is 14.1 Å². The molecule has 6 heteroatoms. The first-order valence-electron chi connectivity index (χ1n) is 10.8. The number of amides is 1. The lowest BCUT2D eigenvalue weighted by atomic mass is 10.0. The molecule has 5 aromatic rings. The molecule has 5 nitrogen and oxygen atoms in total. The van der Waals surface area contributed by atoms with Gasteiger partial charge in [-0.05, 0) is 41.3 Å². The molecule has 0 unspecified atom stereocenters. The number of anilines is 1. The molecular formula is C28H22N2O3S. The molecule has 0 aliphatic carbocycles. The summed E-state index contributed by atoms with van der Waals surface area (Å²) in [7, 11) is 1.67. The van der Waals surface area contributed by atoms with Gasteiger partial charge in [0.15, 0.2) is 5.13 Å². The Morgan fingerprint density at radius 1 is 1.00 bits per heavy atom. The van der Waals surface area contributed by atoms with Gasteiger partial charge in [-0.1, -0.05) is 54.6 Å². The summed E-state index contributed by atoms with van der Waals surface area (Å²) in [4.78, 5) is 19.8. The number of carbonyl (C=O) groups is 1. The van der Waals surface area contributed by atoms with E-state index in [1.54, 1.807) is 30.4 Å². The average Bonchev–Trinajstić information content (AvgIpc) is 3.58. The summed E-state index contributed by atoms with van der Waals surface area (Å²) in [6.45, 7) is 0.415. The van der Waals surface area contributed by atoms with Crippen LogP contribution in [0.15, 0.2) is 101 Å². The molecule has 0 bridgehead atoms. The zero-order valence-corrected chi connectivity index (χ0v) is 19.4. The smallest absolute Gasteiger partial charge is 0.253 e. The first-order valence-corrected chi connectivity index (χ1v) is 11.7. The van der Waals surface area contributed by atoms with E-state index in [0.717, 1.165) is 33.3 Å². The van der Waals surface area contributed by atoms with E-state index in [2.05, 4.69) is 6.07 Å². The van der Waals surface area contributed by atoms with Crippen molar-refractivity contribution in [2.24, 2.45) is 0 Å². The molecule has 5 rings (SSSR count). The maximum atomic E-state index is 13.2. The predicted molar refractivity (Wildman–Crippen MR) is 137 cm³/mol. The second-order valence-electron chi connectivity index (χ2n) is 7.64. The van der Waals surface area contributed by atoms with Crippen molar-refractivity contribution in [3.8, 4) is 17.0 Å². The number of hydrogen-bond donors (Lipinski definition) is 0. The molecule has 2 heterocycles. The van der Waals surface area contributed by atoms with E-state index in [0.29, 0.717) is 17.4 Å². The topological polar surface area (TPSA) is 55.6 Å². The molecule has 0 aliphatic heterocycles. The summed E-state index contributed by atoms with van der Waals surface area (Å²) in [5.41, 5.74) is 2.84. The van der Waals surface area contributed by atoms with Crippen LogP contribution in [0.3, 0.4) is 0 Å². The van der Waals surface area contributed by atoms with E-state index in [1.165, 1.54) is 17.4 Å². The average molecular weight is 467 g/mol. The fourth-order valence-electron chi connectivity index (χ4n) is 3.82. The van der Waals surface area contributed by atoms with Crippen LogP contribution in [0.1, 0.15) is 11.3 Å². The lowest BCUT2D eigenvalue weighted by Crippen LogP contribution is -2.28. The highest BCUT2D eigenvalue weighted by molar-refractivity contribution is 7.14. The molecule has 0 spiro atoms. The largest absolute Gasteiger partial charge is 0.496 e. The number of methoxy groups -OCH3 is 1. The predicted octanol–water partition coefficient (Wildman–Crippen LogP) is 6.81. The lowest BCUT2D eigenvalue weighted by molar-refractivity contribution is -0.114. The Balaban J connectivity index is 1.51. The standard InChI is InChI=1S/C28H22N2O3S/c1-32-26-15-14-23(22-11-5-6-12-24(22)26)25-19-34-28(29-25)30(18-20-8-3-2-4-9-20)27(31)16-13-21-10-7-17-33-21/h2-17,19H,18H2,1H3/b16-13+. The molecular weight excluding hydrogens is 444 g/mol. The van der Waals surface area contributed by atoms with Gasteiger partial charge < -0.3 is 9.15 Å². The molecule has 0 saturated heterocycles. The van der Waals surface area contributed by atoms with Crippen LogP contribution >= 0.6 is 11.3 Å². The van der Waals surface area contributed by atoms with Crippen LogP contribution in [0.2, 0.25) is 0 Å². The van der Waals surface area contributed by atoms with Crippen molar-refractivity contribution in [2.45, 2.75) is 6.54 Å². The normalized spacial score (nSPS) is 11.2. The molecule has 0 saturated carbocycles. The van der Waals surface area contributed by atoms with Crippen molar-refractivity contribution in [3.05, 3.63) is 108 Å². The number of fused-ring (bicyclic) bond motifs is 1. The van der Waals surface area contributed by atoms with Gasteiger partial charge in [-0.15, -0.1) is 11.3 Å². The van der Waals surface area contributed by atoms with Crippen LogP contribution in [0.4, 0.5) is 5.13 Å². The molecule has 34 heavy (non-hydrogen) atoms. The van der Waals surface area contributed by atoms with Gasteiger partial charge in [-0.2, -0.15) is 0 Å². The van der Waals surface area contributed by atoms with Crippen molar-refractivity contribution >= 4 is 39.2 Å². The Bertz CT molecular complexity index is 1440. The summed E-state index contributed by atoms with van der Waals surface area (Å²) < 4.78 is 10.9. The Morgan fingerprint density at radius 3 is 2.56 bits per heavy atom. The minimum atomic E-state index is -0.166. The lowest BCUT2D eigenvalue weighted by Gasteiger charge is -2.18. The number of thiazole rings is 1. The van der Waals surface area contributed by atoms with Crippen LogP contribution in [0, 0.1) is 0 Å². The molecule has 0 N–H and O–H groups in total. The maximum absolute atomic E-state index is 13.2. The molecule has 0 radical (unpaired) electrons. The van der Waals surface area contributed by atoms with E-state index in [1.807, 2.05) is 72.1 Å². The Morgan fingerprint density at radius 2 is 1.79 bits per heavy atom. The molecule has 168 valence electrons. The van der Waals surface area contributed by atoms with Crippen LogP contribution in [-0.2, 0) is 11.3 Å². The number of nitrogens with zero attached hydrogens (tertiary/aromatic N) is 2. The number of ether oxygens (including phenoxy) is 1. The van der Waals surface area contributed by atoms with Crippen molar-refractivity contribution in [2.75, 3.05) is 12.0 Å². The number of furan rings is 1. The second kappa shape index (κ2) is 9.77. The van der Waals surface area contributed by atoms with Gasteiger partial charge in [0, 0.05) is 22.4 Å². The second-order valence-corrected chi connectivity index (χ2v) is 8.47. The quantitative estimate of drug-likeness (QED) is 0.247. The number of benzene rings is 3. The summed E-state index contributed by atoms with van der Waals surface area (Å²) in [6.07, 6.45) is 4.77. The van der Waals surface area contributed by atoms with Crippen LogP contribution in [0.5, 0.6) is 5.75 Å². The van der Waals surface area contributed by atoms with Crippen molar-refractivity contribution in [1.29, 1.82) is 0 Å². The molecule has 0 atom stereocenters. The van der Waals surface area contributed by atoms with Crippen molar-refractivity contribution < 1.29 is 13.9 Å². The first kappa shape index (κ1) is 21.7. The van der Waals surface area contributed by atoms with Crippen LogP contribution < -0.4 is 9.64 Å². The SMILES string of the molecule is COc1ccc(-c2csc(N(Cc3ccccc3)C(=O)/C=C/c3ccco3)n2)c2ccccc12. The van der Waals surface area contributed by atoms with E-state index < -0.39 is 0 Å². The summed E-state index contributed by atoms with van der Waals surface area (Å²) >= 11 is 1.45. The fraction of sp³-hybridized carbons (Fsp3) is 0.0714. The highest BCUT2D eigenvalue weighted by Gasteiger charge is 2.19. The van der Waals surface area contributed by atoms with Crippen molar-refractivity contribution in [1.82, 2.24) is 4.98 Å². The van der Waals surface area contributed by atoms with Gasteiger partial charge >= 0.3 is 0 Å². The third-order valence-corrected chi connectivity index (χ3v) is 6.35. The maximum Gasteiger partial charge on any atom is 0.253 e. The fourth-order valence-corrected chi connectivity index (χ4v) is 4.65. The zero-order chi connectivity index (χ0) is 23.3. The van der Waals surface area contributed by atoms with Gasteiger partial charge in [-0.25, -0.2) is 4.98 Å². The third kappa shape index (κ3) is 4.49. The minimum absolute atomic E-state index is 0.166. The molecule has 2 aromatic heterocycles. The number of carbonyl (C=O) groups excluding carboxylic acids is 1. The van der Waals surface area contributed by atoms with Gasteiger partial charge in [0.1, 0.15) is 11.5 Å². The van der Waals surface area contributed by atoms with Gasteiger partial charge in [0.05, 0.1) is 25.6 Å². The zero-order valence-electron chi connectivity index (χ0n) is 18.5. The van der Waals surface area contributed by atoms with Gasteiger partial charge in [-0.3, -0.25) is 9.69 Å². The van der Waals surface area contributed by atoms with E-state index in [-0.39, 0.29) is 5.91 Å². The Kier molecular flexibility index (Phi) is 6.23. The first-order chi connectivity index (χ1) is 16.7. The highest BCUT2D eigenvalue weighted by atomic mass is 32.1.